The number of rotatable bonds is 7. The van der Waals surface area contributed by atoms with Crippen LogP contribution in [0.25, 0.3) is 5.65 Å². The molecule has 186 valence electrons. The van der Waals surface area contributed by atoms with E-state index in [1.165, 1.54) is 18.9 Å². The van der Waals surface area contributed by atoms with Crippen LogP contribution in [0.5, 0.6) is 0 Å². The number of β-lactam (4-membered cyclic amide) rings is 1. The van der Waals surface area contributed by atoms with Crippen LogP contribution in [-0.2, 0) is 25.8 Å². The number of nitrogens with zero attached hydrogens (tertiary/aromatic N) is 7. The first kappa shape index (κ1) is 23.5. The minimum atomic E-state index is -1.48. The van der Waals surface area contributed by atoms with Crippen molar-refractivity contribution in [3.05, 3.63) is 41.6 Å². The molecule has 36 heavy (non-hydrogen) atoms. The van der Waals surface area contributed by atoms with E-state index in [-0.39, 0.29) is 28.9 Å². The molecule has 0 spiro atoms. The van der Waals surface area contributed by atoms with Gasteiger partial charge in [-0.25, -0.2) is 4.57 Å². The van der Waals surface area contributed by atoms with Crippen molar-refractivity contribution in [3.8, 4) is 0 Å². The van der Waals surface area contributed by atoms with Gasteiger partial charge >= 0.3 is 5.65 Å². The molecule has 5 N–H and O–H groups in total. The number of imidazole rings is 1. The van der Waals surface area contributed by atoms with E-state index in [1.54, 1.807) is 33.6 Å². The summed E-state index contributed by atoms with van der Waals surface area (Å²) in [5.41, 5.74) is 12.0. The number of oxime groups is 1. The summed E-state index contributed by atoms with van der Waals surface area (Å²) in [7, 11) is 1.24. The summed E-state index contributed by atoms with van der Waals surface area (Å²) < 4.78 is 7.29. The highest BCUT2D eigenvalue weighted by molar-refractivity contribution is 8.00. The Bertz CT molecular complexity index is 1460. The summed E-state index contributed by atoms with van der Waals surface area (Å²) in [5.74, 6) is -2.27. The van der Waals surface area contributed by atoms with Crippen molar-refractivity contribution in [1.82, 2.24) is 29.2 Å². The first-order valence-corrected chi connectivity index (χ1v) is 12.1. The maximum Gasteiger partial charge on any atom is 0.307 e. The molecule has 1 fully saturated rings. The maximum atomic E-state index is 13.0. The third-order valence-corrected chi connectivity index (χ3v) is 7.36. The Morgan fingerprint density at radius 2 is 2.19 bits per heavy atom. The zero-order valence-electron chi connectivity index (χ0n) is 18.5. The fourth-order valence-corrected chi connectivity index (χ4v) is 5.72. The average molecular weight is 531 g/mol. The zero-order chi connectivity index (χ0) is 25.6. The van der Waals surface area contributed by atoms with Gasteiger partial charge in [-0.2, -0.15) is 9.36 Å². The number of fused-ring (bicyclic) bond motifs is 2. The van der Waals surface area contributed by atoms with Crippen LogP contribution in [-0.4, -0.2) is 71.6 Å². The molecule has 15 nitrogen and oxygen atoms in total. The van der Waals surface area contributed by atoms with Crippen LogP contribution in [0.15, 0.2) is 41.0 Å². The fraction of sp³-hybridized carbons (Fsp3) is 0.263. The molecule has 5 rings (SSSR count). The lowest BCUT2D eigenvalue weighted by atomic mass is 10.0. The van der Waals surface area contributed by atoms with E-state index in [1.807, 2.05) is 0 Å². The second-order valence-electron chi connectivity index (χ2n) is 7.67. The number of nitrogens with two attached hydrogens (primary N) is 2. The van der Waals surface area contributed by atoms with E-state index < -0.39 is 29.2 Å². The minimum Gasteiger partial charge on any atom is -0.543 e. The monoisotopic (exact) mass is 530 g/mol. The van der Waals surface area contributed by atoms with Gasteiger partial charge in [0.05, 0.1) is 11.7 Å². The molecule has 0 saturated carbocycles. The number of carbonyl (C=O) groups is 3. The highest BCUT2D eigenvalue weighted by Crippen LogP contribution is 2.40. The van der Waals surface area contributed by atoms with Crippen molar-refractivity contribution in [2.24, 2.45) is 5.16 Å². The van der Waals surface area contributed by atoms with Crippen LogP contribution in [0.4, 0.5) is 10.9 Å². The Balaban J connectivity index is 1.37. The van der Waals surface area contributed by atoms with Crippen LogP contribution < -0.4 is 26.5 Å². The standard InChI is InChI=1S/C19H18N10O5S2/c1-34-25-11(14-23-19(21)36-26-14)15(30)22-12-16(31)29-13(18(32)33)8(7-35-17(12)29)6-27-4-5-28-10(27)3-2-9(20)24-28/h2-5,12,17H,6-7H2,1H3,(H5-,20,21,22,23,24,26,30,32,33)/b25-11-/t12-,17-/m1/s1. The largest absolute Gasteiger partial charge is 0.543 e. The Labute approximate surface area is 210 Å². The molecule has 0 radical (unpaired) electrons. The molecule has 2 aliphatic heterocycles. The van der Waals surface area contributed by atoms with Crippen LogP contribution >= 0.6 is 23.3 Å². The molecule has 1 saturated heterocycles. The van der Waals surface area contributed by atoms with Gasteiger partial charge in [0.15, 0.2) is 17.1 Å². The van der Waals surface area contributed by atoms with E-state index in [2.05, 4.69) is 24.9 Å². The third kappa shape index (κ3) is 3.97. The predicted octanol–water partition coefficient (Wildman–Crippen LogP) is -2.91. The van der Waals surface area contributed by atoms with E-state index in [0.717, 1.165) is 16.4 Å². The number of anilines is 2. The van der Waals surface area contributed by atoms with Crippen molar-refractivity contribution >= 4 is 63.4 Å². The molecule has 2 amide bonds. The normalized spacial score (nSPS) is 19.8. The molecule has 0 aliphatic carbocycles. The predicted molar refractivity (Wildman–Crippen MR) is 125 cm³/mol. The minimum absolute atomic E-state index is 0.0533. The number of carbonyl (C=O) groups excluding carboxylic acids is 3. The number of carboxylic acid groups (broad SMARTS) is 1. The van der Waals surface area contributed by atoms with Gasteiger partial charge in [-0.1, -0.05) is 14.8 Å². The number of amides is 2. The summed E-state index contributed by atoms with van der Waals surface area (Å²) in [4.78, 5) is 47.6. The first-order valence-electron chi connectivity index (χ1n) is 10.3. The molecule has 2 atom stereocenters. The summed E-state index contributed by atoms with van der Waals surface area (Å²) in [6.45, 7) is 0.188. The summed E-state index contributed by atoms with van der Waals surface area (Å²) in [6, 6.07) is 2.39. The van der Waals surface area contributed by atoms with Crippen molar-refractivity contribution < 1.29 is 28.9 Å². The number of aromatic nitrogens is 5. The summed E-state index contributed by atoms with van der Waals surface area (Å²) in [6.07, 6.45) is 3.42. The lowest BCUT2D eigenvalue weighted by Crippen LogP contribution is -2.71. The van der Waals surface area contributed by atoms with Crippen molar-refractivity contribution in [1.29, 1.82) is 0 Å². The Morgan fingerprint density at radius 3 is 2.89 bits per heavy atom. The molecular formula is C19H18N10O5S2. The second kappa shape index (κ2) is 9.08. The molecule has 3 aromatic rings. The van der Waals surface area contributed by atoms with Crippen LogP contribution in [0.2, 0.25) is 0 Å². The number of thioether (sulfide) groups is 1. The van der Waals surface area contributed by atoms with Crippen LogP contribution in [0, 0.1) is 0 Å². The van der Waals surface area contributed by atoms with Gasteiger partial charge in [0.25, 0.3) is 11.8 Å². The topological polar surface area (TPSA) is 210 Å². The molecule has 17 heteroatoms. The smallest absolute Gasteiger partial charge is 0.307 e. The lowest BCUT2D eigenvalue weighted by molar-refractivity contribution is -0.662. The molecule has 5 heterocycles. The fourth-order valence-electron chi connectivity index (χ4n) is 3.95. The average Bonchev–Trinajstić information content (AvgIpc) is 3.45. The summed E-state index contributed by atoms with van der Waals surface area (Å²) >= 11 is 2.18. The Hall–Kier alpha value is -4.25. The number of hydrogen-bond acceptors (Lipinski definition) is 13. The SMILES string of the molecule is CO/N=C(\C(=O)N[C@@H]1C(=O)N2C(C(=O)[O-])=C(C[n+]3ccn4nc(N)ccc43)CS[C@H]12)c1nsc(N)n1. The van der Waals surface area contributed by atoms with Gasteiger partial charge < -0.3 is 31.5 Å². The first-order chi connectivity index (χ1) is 17.3. The number of carboxylic acids is 1. The van der Waals surface area contributed by atoms with Crippen molar-refractivity contribution in [2.45, 2.75) is 18.0 Å². The van der Waals surface area contributed by atoms with E-state index in [4.69, 9.17) is 16.3 Å². The van der Waals surface area contributed by atoms with Crippen LogP contribution in [0.1, 0.15) is 5.82 Å². The maximum absolute atomic E-state index is 13.0. The quantitative estimate of drug-likeness (QED) is 0.122. The van der Waals surface area contributed by atoms with Gasteiger partial charge in [-0.05, 0) is 6.07 Å². The van der Waals surface area contributed by atoms with E-state index >= 15 is 0 Å². The molecule has 0 bridgehead atoms. The Morgan fingerprint density at radius 1 is 1.39 bits per heavy atom. The van der Waals surface area contributed by atoms with Crippen LogP contribution in [0.3, 0.4) is 0 Å². The molecule has 2 aliphatic rings. The van der Waals surface area contributed by atoms with Gasteiger partial charge in [0, 0.05) is 28.9 Å². The zero-order valence-corrected chi connectivity index (χ0v) is 20.2. The molecule has 0 aromatic carbocycles. The van der Waals surface area contributed by atoms with Crippen molar-refractivity contribution in [2.75, 3.05) is 24.3 Å². The van der Waals surface area contributed by atoms with Gasteiger partial charge in [0.1, 0.15) is 31.3 Å². The Kier molecular flexibility index (Phi) is 5.92. The highest BCUT2D eigenvalue weighted by atomic mass is 32.2. The second-order valence-corrected chi connectivity index (χ2v) is 9.55. The highest BCUT2D eigenvalue weighted by Gasteiger charge is 2.53. The summed E-state index contributed by atoms with van der Waals surface area (Å²) in [5, 5.41) is 21.9. The number of nitrogen functional groups attached to an aromatic ring is 2. The molecule has 0 unspecified atom stereocenters. The third-order valence-electron chi connectivity index (χ3n) is 5.48. The number of aliphatic carboxylic acids is 1. The molecular weight excluding hydrogens is 512 g/mol. The van der Waals surface area contributed by atoms with E-state index in [0.29, 0.717) is 22.8 Å². The molecule has 3 aromatic heterocycles. The number of nitrogens with one attached hydrogen (secondary N) is 1. The van der Waals surface area contributed by atoms with Gasteiger partial charge in [0.2, 0.25) is 11.5 Å². The van der Waals surface area contributed by atoms with Gasteiger partial charge in [-0.3, -0.25) is 14.5 Å². The number of hydrogen-bond donors (Lipinski definition) is 3. The van der Waals surface area contributed by atoms with Crippen molar-refractivity contribution in [3.63, 3.8) is 0 Å². The lowest BCUT2D eigenvalue weighted by Gasteiger charge is -2.50. The van der Waals surface area contributed by atoms with Gasteiger partial charge in [-0.15, -0.1) is 11.8 Å². The van der Waals surface area contributed by atoms with E-state index in [9.17, 15) is 19.5 Å².